The van der Waals surface area contributed by atoms with Gasteiger partial charge in [-0.25, -0.2) is 0 Å². The van der Waals surface area contributed by atoms with Gasteiger partial charge in [0.15, 0.2) is 0 Å². The number of aliphatic hydroxyl groups is 1. The predicted molar refractivity (Wildman–Crippen MR) is 75.9 cm³/mol. The Bertz CT molecular complexity index is 292. The zero-order valence-electron chi connectivity index (χ0n) is 12.8. The van der Waals surface area contributed by atoms with Gasteiger partial charge in [0, 0.05) is 6.54 Å². The van der Waals surface area contributed by atoms with Gasteiger partial charge >= 0.3 is 5.97 Å². The number of hydrogen-bond acceptors (Lipinski definition) is 4. The molecule has 0 amide bonds. The van der Waals surface area contributed by atoms with E-state index < -0.39 is 5.60 Å². The molecule has 0 bridgehead atoms. The van der Waals surface area contributed by atoms with E-state index in [1.165, 1.54) is 0 Å². The van der Waals surface area contributed by atoms with Crippen LogP contribution in [0.25, 0.3) is 0 Å². The van der Waals surface area contributed by atoms with Crippen LogP contribution in [0.4, 0.5) is 0 Å². The van der Waals surface area contributed by atoms with E-state index >= 15 is 0 Å². The topological polar surface area (TPSA) is 58.6 Å². The summed E-state index contributed by atoms with van der Waals surface area (Å²) in [4.78, 5) is 11.7. The number of esters is 1. The average molecular weight is 271 g/mol. The smallest absolute Gasteiger partial charge is 0.323 e. The predicted octanol–water partition coefficient (Wildman–Crippen LogP) is 2.25. The molecule has 1 aliphatic carbocycles. The number of carbonyl (C=O) groups excluding carboxylic acids is 1. The summed E-state index contributed by atoms with van der Waals surface area (Å²) in [7, 11) is 0. The van der Waals surface area contributed by atoms with Gasteiger partial charge in [0.2, 0.25) is 0 Å². The highest BCUT2D eigenvalue weighted by Gasteiger charge is 2.37. The van der Waals surface area contributed by atoms with Crippen molar-refractivity contribution in [1.29, 1.82) is 0 Å². The Morgan fingerprint density at radius 1 is 1.26 bits per heavy atom. The third-order valence-electron chi connectivity index (χ3n) is 4.19. The molecule has 4 heteroatoms. The van der Waals surface area contributed by atoms with Gasteiger partial charge in [-0.15, -0.1) is 0 Å². The zero-order chi connectivity index (χ0) is 14.5. The second kappa shape index (κ2) is 6.71. The minimum Gasteiger partial charge on any atom is -0.465 e. The van der Waals surface area contributed by atoms with Crippen molar-refractivity contribution < 1.29 is 14.6 Å². The Hall–Kier alpha value is -0.610. The molecule has 1 saturated carbocycles. The van der Waals surface area contributed by atoms with E-state index in [-0.39, 0.29) is 12.0 Å². The summed E-state index contributed by atoms with van der Waals surface area (Å²) < 4.78 is 5.02. The molecule has 0 aromatic carbocycles. The Labute approximate surface area is 116 Å². The van der Waals surface area contributed by atoms with Crippen LogP contribution in [0.2, 0.25) is 0 Å². The van der Waals surface area contributed by atoms with Gasteiger partial charge in [-0.05, 0) is 44.4 Å². The molecule has 2 N–H and O–H groups in total. The van der Waals surface area contributed by atoms with Crippen LogP contribution in [0, 0.1) is 5.41 Å². The van der Waals surface area contributed by atoms with E-state index in [2.05, 4.69) is 19.2 Å². The van der Waals surface area contributed by atoms with Crippen molar-refractivity contribution in [2.75, 3.05) is 13.2 Å². The van der Waals surface area contributed by atoms with E-state index in [4.69, 9.17) is 4.74 Å². The molecule has 1 atom stereocenters. The van der Waals surface area contributed by atoms with Gasteiger partial charge < -0.3 is 15.2 Å². The second-order valence-electron chi connectivity index (χ2n) is 6.48. The Balaban J connectivity index is 2.44. The van der Waals surface area contributed by atoms with E-state index in [1.54, 1.807) is 6.92 Å². The molecule has 19 heavy (non-hydrogen) atoms. The third-order valence-corrected chi connectivity index (χ3v) is 4.19. The summed E-state index contributed by atoms with van der Waals surface area (Å²) in [6, 6.07) is -0.307. The van der Waals surface area contributed by atoms with Gasteiger partial charge in [0.25, 0.3) is 0 Å². The number of hydrogen-bond donors (Lipinski definition) is 2. The lowest BCUT2D eigenvalue weighted by atomic mass is 9.71. The van der Waals surface area contributed by atoms with Crippen molar-refractivity contribution in [2.24, 2.45) is 5.41 Å². The van der Waals surface area contributed by atoms with E-state index in [0.717, 1.165) is 25.7 Å². The molecule has 4 nitrogen and oxygen atoms in total. The molecular weight excluding hydrogens is 242 g/mol. The number of rotatable bonds is 6. The lowest BCUT2D eigenvalue weighted by Gasteiger charge is -2.40. The fraction of sp³-hybridized carbons (Fsp3) is 0.933. The van der Waals surface area contributed by atoms with Crippen LogP contribution in [0.5, 0.6) is 0 Å². The van der Waals surface area contributed by atoms with Crippen molar-refractivity contribution in [3.63, 3.8) is 0 Å². The van der Waals surface area contributed by atoms with Crippen LogP contribution in [0.15, 0.2) is 0 Å². The minimum absolute atomic E-state index is 0.218. The van der Waals surface area contributed by atoms with Gasteiger partial charge in [0.1, 0.15) is 6.04 Å². The van der Waals surface area contributed by atoms with Gasteiger partial charge in [0.05, 0.1) is 12.2 Å². The molecule has 0 heterocycles. The third kappa shape index (κ3) is 5.11. The average Bonchev–Trinajstić information content (AvgIpc) is 2.35. The first-order chi connectivity index (χ1) is 8.82. The highest BCUT2D eigenvalue weighted by molar-refractivity contribution is 5.75. The highest BCUT2D eigenvalue weighted by Crippen LogP contribution is 2.39. The summed E-state index contributed by atoms with van der Waals surface area (Å²) in [5, 5.41) is 13.7. The molecule has 1 unspecified atom stereocenters. The summed E-state index contributed by atoms with van der Waals surface area (Å²) >= 11 is 0. The number of carbonyl (C=O) groups is 1. The molecule has 1 rings (SSSR count). The van der Waals surface area contributed by atoms with E-state index in [1.807, 2.05) is 6.92 Å². The standard InChI is InChI=1S/C15H29NO3/c1-5-12(13(17)19-6-2)16-11-15(18)9-7-14(3,4)8-10-15/h12,16,18H,5-11H2,1-4H3. The maximum absolute atomic E-state index is 11.7. The van der Waals surface area contributed by atoms with Crippen molar-refractivity contribution in [1.82, 2.24) is 5.32 Å². The molecule has 0 aromatic rings. The highest BCUT2D eigenvalue weighted by atomic mass is 16.5. The normalized spacial score (nSPS) is 22.8. The fourth-order valence-corrected chi connectivity index (χ4v) is 2.52. The van der Waals surface area contributed by atoms with Crippen LogP contribution < -0.4 is 5.32 Å². The minimum atomic E-state index is -0.671. The van der Waals surface area contributed by atoms with Gasteiger partial charge in [-0.3, -0.25) is 4.79 Å². The van der Waals surface area contributed by atoms with E-state index in [9.17, 15) is 9.90 Å². The van der Waals surface area contributed by atoms with Gasteiger partial charge in [-0.1, -0.05) is 20.8 Å². The summed E-state index contributed by atoms with van der Waals surface area (Å²) in [5.74, 6) is -0.218. The first kappa shape index (κ1) is 16.4. The fourth-order valence-electron chi connectivity index (χ4n) is 2.52. The monoisotopic (exact) mass is 271 g/mol. The lowest BCUT2D eigenvalue weighted by molar-refractivity contribution is -0.146. The molecule has 0 aromatic heterocycles. The Morgan fingerprint density at radius 2 is 1.84 bits per heavy atom. The van der Waals surface area contributed by atoms with Crippen molar-refractivity contribution in [2.45, 2.75) is 71.4 Å². The van der Waals surface area contributed by atoms with Crippen LogP contribution in [0.3, 0.4) is 0 Å². The molecule has 0 spiro atoms. The first-order valence-corrected chi connectivity index (χ1v) is 7.44. The quantitative estimate of drug-likeness (QED) is 0.727. The van der Waals surface area contributed by atoms with Crippen LogP contribution in [0.1, 0.15) is 59.8 Å². The zero-order valence-corrected chi connectivity index (χ0v) is 12.8. The Morgan fingerprint density at radius 3 is 2.32 bits per heavy atom. The van der Waals surface area contributed by atoms with Gasteiger partial charge in [-0.2, -0.15) is 0 Å². The van der Waals surface area contributed by atoms with Crippen LogP contribution in [-0.4, -0.2) is 35.9 Å². The van der Waals surface area contributed by atoms with Crippen molar-refractivity contribution in [3.05, 3.63) is 0 Å². The molecule has 0 aliphatic heterocycles. The maximum atomic E-state index is 11.7. The van der Waals surface area contributed by atoms with Crippen molar-refractivity contribution in [3.8, 4) is 0 Å². The summed E-state index contributed by atoms with van der Waals surface area (Å²) in [6.45, 7) is 9.11. The number of ether oxygens (including phenoxy) is 1. The molecule has 1 fully saturated rings. The molecular formula is C15H29NO3. The summed E-state index contributed by atoms with van der Waals surface area (Å²) in [6.07, 6.45) is 4.34. The first-order valence-electron chi connectivity index (χ1n) is 7.44. The van der Waals surface area contributed by atoms with Crippen molar-refractivity contribution >= 4 is 5.97 Å². The molecule has 0 saturated heterocycles. The summed E-state index contributed by atoms with van der Waals surface area (Å²) in [5.41, 5.74) is -0.340. The Kier molecular flexibility index (Phi) is 5.81. The van der Waals surface area contributed by atoms with E-state index in [0.29, 0.717) is 25.0 Å². The maximum Gasteiger partial charge on any atom is 0.323 e. The number of nitrogens with one attached hydrogen (secondary N) is 1. The van der Waals surface area contributed by atoms with Crippen LogP contribution >= 0.6 is 0 Å². The van der Waals surface area contributed by atoms with Crippen LogP contribution in [-0.2, 0) is 9.53 Å². The molecule has 0 radical (unpaired) electrons. The lowest BCUT2D eigenvalue weighted by Crippen LogP contribution is -2.49. The SMILES string of the molecule is CCOC(=O)C(CC)NCC1(O)CCC(C)(C)CC1. The largest absolute Gasteiger partial charge is 0.465 e. The second-order valence-corrected chi connectivity index (χ2v) is 6.48. The molecule has 1 aliphatic rings. The molecule has 112 valence electrons.